The van der Waals surface area contributed by atoms with E-state index >= 15 is 0 Å². The molecule has 0 heterocycles. The molecule has 1 aromatic rings. The lowest BCUT2D eigenvalue weighted by Crippen LogP contribution is -2.33. The zero-order chi connectivity index (χ0) is 16.7. The first-order valence-corrected chi connectivity index (χ1v) is 7.33. The number of rotatable bonds is 7. The van der Waals surface area contributed by atoms with E-state index in [9.17, 15) is 9.59 Å². The van der Waals surface area contributed by atoms with E-state index in [1.807, 2.05) is 13.8 Å². The molecular weight excluding hydrogens is 308 g/mol. The fourth-order valence-corrected chi connectivity index (χ4v) is 2.21. The Kier molecular flexibility index (Phi) is 6.98. The number of amides is 2. The fraction of sp³-hybridized carbons (Fsp3) is 0.467. The van der Waals surface area contributed by atoms with Gasteiger partial charge in [-0.1, -0.05) is 11.6 Å². The van der Waals surface area contributed by atoms with Crippen molar-refractivity contribution in [1.29, 1.82) is 0 Å². The third-order valence-electron chi connectivity index (χ3n) is 3.18. The van der Waals surface area contributed by atoms with Gasteiger partial charge in [-0.15, -0.1) is 0 Å². The van der Waals surface area contributed by atoms with Crippen molar-refractivity contribution in [2.75, 3.05) is 32.6 Å². The summed E-state index contributed by atoms with van der Waals surface area (Å²) in [6.07, 6.45) is -0.226. The largest absolute Gasteiger partial charge is 0.495 e. The molecular formula is C15H21ClN2O4. The molecule has 1 aromatic carbocycles. The van der Waals surface area contributed by atoms with Crippen molar-refractivity contribution in [2.45, 2.75) is 20.3 Å². The summed E-state index contributed by atoms with van der Waals surface area (Å²) in [6.45, 7) is 4.88. The molecule has 0 aromatic heterocycles. The zero-order valence-electron chi connectivity index (χ0n) is 13.2. The second-order valence-electron chi connectivity index (χ2n) is 4.48. The molecule has 0 bridgehead atoms. The first kappa shape index (κ1) is 18.1. The van der Waals surface area contributed by atoms with Crippen LogP contribution >= 0.6 is 11.6 Å². The van der Waals surface area contributed by atoms with Gasteiger partial charge >= 0.3 is 0 Å². The van der Waals surface area contributed by atoms with E-state index in [0.717, 1.165) is 0 Å². The highest BCUT2D eigenvalue weighted by atomic mass is 35.5. The maximum absolute atomic E-state index is 12.0. The fourth-order valence-electron chi connectivity index (χ4n) is 1.98. The maximum atomic E-state index is 12.0. The van der Waals surface area contributed by atoms with Crippen LogP contribution in [0.5, 0.6) is 11.5 Å². The van der Waals surface area contributed by atoms with Gasteiger partial charge in [-0.25, -0.2) is 0 Å². The van der Waals surface area contributed by atoms with Gasteiger partial charge in [0.05, 0.1) is 24.9 Å². The Balaban J connectivity index is 2.85. The average Bonchev–Trinajstić information content (AvgIpc) is 2.49. The standard InChI is InChI=1S/C15H21ClN2O4/c1-5-18(6-2)15(20)9-14(19)17-11-8-12(21-3)10(16)7-13(11)22-4/h7-8H,5-6,9H2,1-4H3,(H,17,19). The molecule has 0 saturated carbocycles. The van der Waals surface area contributed by atoms with Crippen molar-refractivity contribution in [2.24, 2.45) is 0 Å². The summed E-state index contributed by atoms with van der Waals surface area (Å²) in [6, 6.07) is 3.10. The van der Waals surface area contributed by atoms with Crippen LogP contribution < -0.4 is 14.8 Å². The van der Waals surface area contributed by atoms with E-state index in [-0.39, 0.29) is 12.3 Å². The Morgan fingerprint density at radius 2 is 1.73 bits per heavy atom. The Labute approximate surface area is 135 Å². The van der Waals surface area contributed by atoms with E-state index in [4.69, 9.17) is 21.1 Å². The predicted octanol–water partition coefficient (Wildman–Crippen LogP) is 2.55. The molecule has 0 atom stereocenters. The average molecular weight is 329 g/mol. The summed E-state index contributed by atoms with van der Waals surface area (Å²) in [5.41, 5.74) is 0.404. The molecule has 0 saturated heterocycles. The second-order valence-corrected chi connectivity index (χ2v) is 4.89. The van der Waals surface area contributed by atoms with Crippen molar-refractivity contribution >= 4 is 29.1 Å². The first-order valence-electron chi connectivity index (χ1n) is 6.95. The Morgan fingerprint density at radius 1 is 1.14 bits per heavy atom. The van der Waals surface area contributed by atoms with Crippen LogP contribution in [0, 0.1) is 0 Å². The van der Waals surface area contributed by atoms with E-state index in [1.54, 1.807) is 17.0 Å². The molecule has 1 rings (SSSR count). The minimum absolute atomic E-state index is 0.220. The molecule has 22 heavy (non-hydrogen) atoms. The second kappa shape index (κ2) is 8.48. The molecule has 0 aliphatic heterocycles. The topological polar surface area (TPSA) is 67.9 Å². The number of halogens is 1. The molecule has 0 unspecified atom stereocenters. The third kappa shape index (κ3) is 4.53. The van der Waals surface area contributed by atoms with Crippen LogP contribution in [0.15, 0.2) is 12.1 Å². The molecule has 1 N–H and O–H groups in total. The van der Waals surface area contributed by atoms with Crippen LogP contribution in [-0.2, 0) is 9.59 Å². The molecule has 6 nitrogen and oxygen atoms in total. The lowest BCUT2D eigenvalue weighted by Gasteiger charge is -2.18. The van der Waals surface area contributed by atoms with Gasteiger partial charge in [-0.05, 0) is 13.8 Å². The number of nitrogens with zero attached hydrogens (tertiary/aromatic N) is 1. The maximum Gasteiger partial charge on any atom is 0.233 e. The normalized spacial score (nSPS) is 10.0. The molecule has 0 aliphatic carbocycles. The summed E-state index contributed by atoms with van der Waals surface area (Å²) >= 11 is 6.00. The smallest absolute Gasteiger partial charge is 0.233 e. The number of carbonyl (C=O) groups is 2. The van der Waals surface area contributed by atoms with Crippen molar-refractivity contribution in [3.05, 3.63) is 17.2 Å². The predicted molar refractivity (Wildman–Crippen MR) is 85.7 cm³/mol. The highest BCUT2D eigenvalue weighted by Gasteiger charge is 2.17. The summed E-state index contributed by atoms with van der Waals surface area (Å²) in [5.74, 6) is 0.171. The molecule has 0 spiro atoms. The van der Waals surface area contributed by atoms with Gasteiger partial charge in [0.15, 0.2) is 0 Å². The van der Waals surface area contributed by atoms with Gasteiger partial charge in [0.1, 0.15) is 17.9 Å². The number of carbonyl (C=O) groups excluding carboxylic acids is 2. The Hall–Kier alpha value is -1.95. The van der Waals surface area contributed by atoms with E-state index in [0.29, 0.717) is 35.3 Å². The molecule has 122 valence electrons. The number of anilines is 1. The van der Waals surface area contributed by atoms with Crippen LogP contribution in [0.25, 0.3) is 0 Å². The van der Waals surface area contributed by atoms with Crippen molar-refractivity contribution in [3.63, 3.8) is 0 Å². The molecule has 0 fully saturated rings. The summed E-state index contributed by atoms with van der Waals surface area (Å²) in [5, 5.41) is 3.02. The third-order valence-corrected chi connectivity index (χ3v) is 3.47. The van der Waals surface area contributed by atoms with Crippen molar-refractivity contribution < 1.29 is 19.1 Å². The number of hydrogen-bond acceptors (Lipinski definition) is 4. The van der Waals surface area contributed by atoms with Crippen LogP contribution in [0.3, 0.4) is 0 Å². The number of methoxy groups -OCH3 is 2. The van der Waals surface area contributed by atoms with Crippen molar-refractivity contribution in [1.82, 2.24) is 4.90 Å². The van der Waals surface area contributed by atoms with Gasteiger partial charge in [-0.3, -0.25) is 9.59 Å². The van der Waals surface area contributed by atoms with E-state index in [2.05, 4.69) is 5.32 Å². The lowest BCUT2D eigenvalue weighted by atomic mass is 10.2. The van der Waals surface area contributed by atoms with Crippen molar-refractivity contribution in [3.8, 4) is 11.5 Å². The number of hydrogen-bond donors (Lipinski definition) is 1. The highest BCUT2D eigenvalue weighted by molar-refractivity contribution is 6.32. The van der Waals surface area contributed by atoms with E-state index in [1.165, 1.54) is 14.2 Å². The number of nitrogens with one attached hydrogen (secondary N) is 1. The van der Waals surface area contributed by atoms with Gasteiger partial charge in [0.25, 0.3) is 0 Å². The quantitative estimate of drug-likeness (QED) is 0.781. The first-order chi connectivity index (χ1) is 10.5. The van der Waals surface area contributed by atoms with Gasteiger partial charge in [-0.2, -0.15) is 0 Å². The minimum atomic E-state index is -0.417. The van der Waals surface area contributed by atoms with E-state index < -0.39 is 5.91 Å². The molecule has 0 aliphatic rings. The monoisotopic (exact) mass is 328 g/mol. The summed E-state index contributed by atoms with van der Waals surface area (Å²) in [7, 11) is 2.94. The lowest BCUT2D eigenvalue weighted by molar-refractivity contribution is -0.134. The molecule has 2 amide bonds. The summed E-state index contributed by atoms with van der Waals surface area (Å²) in [4.78, 5) is 25.5. The van der Waals surface area contributed by atoms with Crippen LogP contribution in [0.4, 0.5) is 5.69 Å². The van der Waals surface area contributed by atoms with Crippen LogP contribution in [-0.4, -0.2) is 44.0 Å². The number of ether oxygens (including phenoxy) is 2. The summed E-state index contributed by atoms with van der Waals surface area (Å²) < 4.78 is 10.3. The molecule has 0 radical (unpaired) electrons. The Morgan fingerprint density at radius 3 is 2.23 bits per heavy atom. The SMILES string of the molecule is CCN(CC)C(=O)CC(=O)Nc1cc(OC)c(Cl)cc1OC. The Bertz CT molecular complexity index is 545. The van der Waals surface area contributed by atoms with Crippen LogP contribution in [0.2, 0.25) is 5.02 Å². The van der Waals surface area contributed by atoms with Gasteiger partial charge < -0.3 is 19.7 Å². The highest BCUT2D eigenvalue weighted by Crippen LogP contribution is 2.35. The number of benzene rings is 1. The van der Waals surface area contributed by atoms with Gasteiger partial charge in [0, 0.05) is 25.2 Å². The zero-order valence-corrected chi connectivity index (χ0v) is 14.0. The minimum Gasteiger partial charge on any atom is -0.495 e. The molecule has 7 heteroatoms. The van der Waals surface area contributed by atoms with Gasteiger partial charge in [0.2, 0.25) is 11.8 Å². The van der Waals surface area contributed by atoms with Crippen LogP contribution in [0.1, 0.15) is 20.3 Å².